The van der Waals surface area contributed by atoms with Crippen LogP contribution in [-0.4, -0.2) is 50.2 Å². The quantitative estimate of drug-likeness (QED) is 0.217. The SMILES string of the molecule is CCOC(OCC)C(CC)(CC)O[PH](=O)OC(CC)(CC)C(OCC)OCC. The first-order valence-corrected chi connectivity index (χ1v) is 12.0. The first kappa shape index (κ1) is 28.0. The molecule has 0 saturated heterocycles. The van der Waals surface area contributed by atoms with E-state index in [2.05, 4.69) is 0 Å². The fraction of sp³-hybridized carbons (Fsp3) is 1.00. The minimum atomic E-state index is -2.88. The average molecular weight is 427 g/mol. The molecule has 28 heavy (non-hydrogen) atoms. The Morgan fingerprint density at radius 3 is 1.00 bits per heavy atom. The first-order valence-electron chi connectivity index (χ1n) is 10.8. The number of rotatable bonds is 18. The van der Waals surface area contributed by atoms with Gasteiger partial charge < -0.3 is 18.9 Å². The van der Waals surface area contributed by atoms with Crippen molar-refractivity contribution in [1.29, 1.82) is 0 Å². The third-order valence-corrected chi connectivity index (χ3v) is 6.24. The van der Waals surface area contributed by atoms with Crippen LogP contribution in [0.3, 0.4) is 0 Å². The molecule has 0 saturated carbocycles. The van der Waals surface area contributed by atoms with E-state index in [0.29, 0.717) is 52.1 Å². The van der Waals surface area contributed by atoms with E-state index in [1.165, 1.54) is 0 Å². The summed E-state index contributed by atoms with van der Waals surface area (Å²) >= 11 is 0. The van der Waals surface area contributed by atoms with Gasteiger partial charge in [0.25, 0.3) is 0 Å². The maximum absolute atomic E-state index is 13.1. The molecule has 0 spiro atoms. The lowest BCUT2D eigenvalue weighted by molar-refractivity contribution is -0.242. The van der Waals surface area contributed by atoms with Crippen molar-refractivity contribution < 1.29 is 32.6 Å². The molecule has 0 radical (unpaired) electrons. The van der Waals surface area contributed by atoms with Crippen LogP contribution in [0.5, 0.6) is 0 Å². The van der Waals surface area contributed by atoms with Crippen molar-refractivity contribution in [2.45, 2.75) is 105 Å². The fourth-order valence-electron chi connectivity index (χ4n) is 3.21. The normalized spacial score (nSPS) is 13.2. The van der Waals surface area contributed by atoms with E-state index in [1.54, 1.807) is 0 Å². The maximum Gasteiger partial charge on any atom is 0.320 e. The van der Waals surface area contributed by atoms with Gasteiger partial charge in [-0.3, -0.25) is 13.6 Å². The monoisotopic (exact) mass is 426 g/mol. The molecule has 0 amide bonds. The van der Waals surface area contributed by atoms with Gasteiger partial charge in [-0.1, -0.05) is 27.7 Å². The van der Waals surface area contributed by atoms with Crippen LogP contribution in [0.25, 0.3) is 0 Å². The molecule has 0 unspecified atom stereocenters. The Balaban J connectivity index is 5.58. The zero-order valence-electron chi connectivity index (χ0n) is 19.2. The maximum atomic E-state index is 13.1. The van der Waals surface area contributed by atoms with E-state index in [0.717, 1.165) is 0 Å². The van der Waals surface area contributed by atoms with Crippen LogP contribution in [0, 0.1) is 0 Å². The van der Waals surface area contributed by atoms with Gasteiger partial charge in [-0.05, 0) is 53.4 Å². The third kappa shape index (κ3) is 7.67. The highest BCUT2D eigenvalue weighted by molar-refractivity contribution is 7.33. The first-order chi connectivity index (χ1) is 13.4. The summed E-state index contributed by atoms with van der Waals surface area (Å²) in [6.07, 6.45) is 1.11. The number of hydrogen-bond donors (Lipinski definition) is 0. The van der Waals surface area contributed by atoms with Gasteiger partial charge in [-0.2, -0.15) is 0 Å². The van der Waals surface area contributed by atoms with Crippen molar-refractivity contribution >= 4 is 8.25 Å². The van der Waals surface area contributed by atoms with Gasteiger partial charge in [0.2, 0.25) is 0 Å². The highest BCUT2D eigenvalue weighted by Gasteiger charge is 2.44. The topological polar surface area (TPSA) is 72.5 Å². The summed E-state index contributed by atoms with van der Waals surface area (Å²) in [6, 6.07) is 0. The second kappa shape index (κ2) is 14.9. The Bertz CT molecular complexity index is 363. The van der Waals surface area contributed by atoms with Crippen LogP contribution in [0.15, 0.2) is 0 Å². The predicted octanol–water partition coefficient (Wildman–Crippen LogP) is 5.33. The van der Waals surface area contributed by atoms with Crippen LogP contribution in [0.1, 0.15) is 81.1 Å². The number of ether oxygens (including phenoxy) is 4. The summed E-state index contributed by atoms with van der Waals surface area (Å²) in [6.45, 7) is 17.4. The van der Waals surface area contributed by atoms with Crippen molar-refractivity contribution in [3.63, 3.8) is 0 Å². The van der Waals surface area contributed by atoms with E-state index in [9.17, 15) is 4.57 Å². The van der Waals surface area contributed by atoms with Gasteiger partial charge in [-0.15, -0.1) is 0 Å². The molecule has 7 nitrogen and oxygen atoms in total. The van der Waals surface area contributed by atoms with Gasteiger partial charge in [-0.25, -0.2) is 0 Å². The molecule has 0 bridgehead atoms. The van der Waals surface area contributed by atoms with Crippen LogP contribution in [0.4, 0.5) is 0 Å². The molecular weight excluding hydrogens is 383 g/mol. The Morgan fingerprint density at radius 1 is 0.571 bits per heavy atom. The molecule has 0 aliphatic rings. The highest BCUT2D eigenvalue weighted by Crippen LogP contribution is 2.45. The van der Waals surface area contributed by atoms with Gasteiger partial charge in [0.05, 0.1) is 0 Å². The van der Waals surface area contributed by atoms with Crippen molar-refractivity contribution in [3.05, 3.63) is 0 Å². The smallest absolute Gasteiger partial charge is 0.320 e. The molecule has 170 valence electrons. The molecule has 0 fully saturated rings. The lowest BCUT2D eigenvalue weighted by Crippen LogP contribution is -2.48. The van der Waals surface area contributed by atoms with Gasteiger partial charge >= 0.3 is 8.25 Å². The zero-order chi connectivity index (χ0) is 21.6. The molecule has 0 heterocycles. The average Bonchev–Trinajstić information content (AvgIpc) is 2.70. The highest BCUT2D eigenvalue weighted by atomic mass is 31.1. The summed E-state index contributed by atoms with van der Waals surface area (Å²) in [5, 5.41) is 0. The van der Waals surface area contributed by atoms with Crippen LogP contribution in [0.2, 0.25) is 0 Å². The lowest BCUT2D eigenvalue weighted by Gasteiger charge is -2.41. The minimum Gasteiger partial charge on any atom is -0.350 e. The number of hydrogen-bond acceptors (Lipinski definition) is 7. The van der Waals surface area contributed by atoms with E-state index in [1.807, 2.05) is 55.4 Å². The Labute approximate surface area is 172 Å². The van der Waals surface area contributed by atoms with Crippen LogP contribution >= 0.6 is 8.25 Å². The van der Waals surface area contributed by atoms with Crippen LogP contribution in [-0.2, 0) is 32.6 Å². The largest absolute Gasteiger partial charge is 0.350 e. The van der Waals surface area contributed by atoms with E-state index in [4.69, 9.17) is 28.0 Å². The second-order valence-corrected chi connectivity index (χ2v) is 7.39. The lowest BCUT2D eigenvalue weighted by atomic mass is 9.96. The van der Waals surface area contributed by atoms with Crippen molar-refractivity contribution in [3.8, 4) is 0 Å². The standard InChI is InChI=1S/C20H43O7P/c1-9-19(10-2,17(22-13-5)23-14-6)26-28(21)27-20(11-3,12-4)18(24-15-7)25-16-8/h17-18,28H,9-16H2,1-8H3. The summed E-state index contributed by atoms with van der Waals surface area (Å²) in [5.74, 6) is 0. The fourth-order valence-corrected chi connectivity index (χ4v) is 4.69. The zero-order valence-corrected chi connectivity index (χ0v) is 20.2. The van der Waals surface area contributed by atoms with Gasteiger partial charge in [0.1, 0.15) is 11.2 Å². The summed E-state index contributed by atoms with van der Waals surface area (Å²) in [5.41, 5.74) is -1.69. The van der Waals surface area contributed by atoms with E-state index < -0.39 is 32.0 Å². The van der Waals surface area contributed by atoms with Crippen molar-refractivity contribution in [2.75, 3.05) is 26.4 Å². The second-order valence-electron chi connectivity index (χ2n) is 6.48. The molecule has 8 heteroatoms. The molecule has 0 aliphatic heterocycles. The molecule has 0 aromatic heterocycles. The van der Waals surface area contributed by atoms with Crippen molar-refractivity contribution in [2.24, 2.45) is 0 Å². The predicted molar refractivity (Wildman–Crippen MR) is 112 cm³/mol. The van der Waals surface area contributed by atoms with Crippen molar-refractivity contribution in [1.82, 2.24) is 0 Å². The molecule has 0 atom stereocenters. The van der Waals surface area contributed by atoms with Crippen LogP contribution < -0.4 is 0 Å². The van der Waals surface area contributed by atoms with Gasteiger partial charge in [0, 0.05) is 26.4 Å². The Hall–Kier alpha value is -0.0100. The summed E-state index contributed by atoms with van der Waals surface area (Å²) < 4.78 is 48.2. The molecule has 0 aromatic carbocycles. The molecular formula is C20H43O7P. The Kier molecular flexibility index (Phi) is 14.9. The van der Waals surface area contributed by atoms with Gasteiger partial charge in [0.15, 0.2) is 12.6 Å². The van der Waals surface area contributed by atoms with E-state index >= 15 is 0 Å². The minimum absolute atomic E-state index is 0.474. The summed E-state index contributed by atoms with van der Waals surface area (Å²) in [4.78, 5) is 0. The molecule has 0 rings (SSSR count). The Morgan fingerprint density at radius 2 is 0.821 bits per heavy atom. The third-order valence-electron chi connectivity index (χ3n) is 5.10. The summed E-state index contributed by atoms with van der Waals surface area (Å²) in [7, 11) is -2.88. The molecule has 0 aliphatic carbocycles. The molecule has 0 N–H and O–H groups in total. The van der Waals surface area contributed by atoms with E-state index in [-0.39, 0.29) is 0 Å². The molecule has 0 aromatic rings.